The second-order valence-electron chi connectivity index (χ2n) is 6.09. The first kappa shape index (κ1) is 16.1. The SMILES string of the molecule is COc1ccc2cc(CN3CCNC(=O)C3)c(-c3cccs3)nc2c1. The number of aromatic nitrogens is 1. The maximum absolute atomic E-state index is 11.7. The summed E-state index contributed by atoms with van der Waals surface area (Å²) in [5.41, 5.74) is 3.06. The molecule has 6 heteroatoms. The molecule has 5 nitrogen and oxygen atoms in total. The molecule has 0 aliphatic carbocycles. The lowest BCUT2D eigenvalue weighted by Crippen LogP contribution is -2.47. The topological polar surface area (TPSA) is 54.5 Å². The van der Waals surface area contributed by atoms with Crippen molar-refractivity contribution in [2.45, 2.75) is 6.54 Å². The van der Waals surface area contributed by atoms with Gasteiger partial charge in [-0.1, -0.05) is 6.07 Å². The van der Waals surface area contributed by atoms with Crippen LogP contribution in [0.4, 0.5) is 0 Å². The van der Waals surface area contributed by atoms with Gasteiger partial charge in [0, 0.05) is 31.1 Å². The molecule has 1 aromatic carbocycles. The summed E-state index contributed by atoms with van der Waals surface area (Å²) in [5, 5.41) is 6.02. The van der Waals surface area contributed by atoms with Gasteiger partial charge in [0.05, 0.1) is 29.7 Å². The van der Waals surface area contributed by atoms with Gasteiger partial charge < -0.3 is 10.1 Å². The fourth-order valence-electron chi connectivity index (χ4n) is 3.13. The van der Waals surface area contributed by atoms with E-state index in [4.69, 9.17) is 9.72 Å². The van der Waals surface area contributed by atoms with E-state index in [1.165, 1.54) is 0 Å². The summed E-state index contributed by atoms with van der Waals surface area (Å²) in [4.78, 5) is 19.9. The number of fused-ring (bicyclic) bond motifs is 1. The maximum Gasteiger partial charge on any atom is 0.234 e. The highest BCUT2D eigenvalue weighted by atomic mass is 32.1. The average Bonchev–Trinajstić information content (AvgIpc) is 3.15. The third kappa shape index (κ3) is 3.36. The number of hydrogen-bond donors (Lipinski definition) is 1. The monoisotopic (exact) mass is 353 g/mol. The Hall–Kier alpha value is -2.44. The summed E-state index contributed by atoms with van der Waals surface area (Å²) in [6, 6.07) is 12.3. The predicted octanol–water partition coefficient (Wildman–Crippen LogP) is 2.90. The van der Waals surface area contributed by atoms with Gasteiger partial charge in [0.2, 0.25) is 5.91 Å². The van der Waals surface area contributed by atoms with Crippen LogP contribution in [-0.4, -0.2) is 42.5 Å². The number of carbonyl (C=O) groups excluding carboxylic acids is 1. The molecule has 1 aliphatic heterocycles. The number of hydrogen-bond acceptors (Lipinski definition) is 5. The van der Waals surface area contributed by atoms with Gasteiger partial charge in [-0.25, -0.2) is 4.98 Å². The van der Waals surface area contributed by atoms with E-state index in [1.54, 1.807) is 18.4 Å². The van der Waals surface area contributed by atoms with Crippen LogP contribution in [-0.2, 0) is 11.3 Å². The molecule has 2 aromatic heterocycles. The molecule has 4 rings (SSSR count). The number of pyridine rings is 1. The fourth-order valence-corrected chi connectivity index (χ4v) is 3.88. The number of nitrogens with zero attached hydrogens (tertiary/aromatic N) is 2. The normalized spacial score (nSPS) is 15.3. The highest BCUT2D eigenvalue weighted by Crippen LogP contribution is 2.31. The Balaban J connectivity index is 1.77. The smallest absolute Gasteiger partial charge is 0.234 e. The van der Waals surface area contributed by atoms with E-state index in [-0.39, 0.29) is 5.91 Å². The summed E-state index contributed by atoms with van der Waals surface area (Å²) >= 11 is 1.68. The van der Waals surface area contributed by atoms with Gasteiger partial charge in [0.1, 0.15) is 5.75 Å². The van der Waals surface area contributed by atoms with Crippen molar-refractivity contribution in [2.75, 3.05) is 26.7 Å². The Labute approximate surface area is 150 Å². The standard InChI is InChI=1S/C19H19N3O2S/c1-24-15-5-4-13-9-14(11-22-7-6-20-18(23)12-22)19(21-16(13)10-15)17-3-2-8-25-17/h2-5,8-10H,6-7,11-12H2,1H3,(H,20,23). The van der Waals surface area contributed by atoms with Crippen molar-refractivity contribution in [3.8, 4) is 16.3 Å². The molecular weight excluding hydrogens is 334 g/mol. The van der Waals surface area contributed by atoms with Crippen LogP contribution in [0.25, 0.3) is 21.5 Å². The number of benzene rings is 1. The molecule has 1 N–H and O–H groups in total. The highest BCUT2D eigenvalue weighted by Gasteiger charge is 2.19. The lowest BCUT2D eigenvalue weighted by atomic mass is 10.1. The van der Waals surface area contributed by atoms with Crippen LogP contribution in [0.1, 0.15) is 5.56 Å². The van der Waals surface area contributed by atoms with Crippen LogP contribution in [0.2, 0.25) is 0 Å². The number of piperazine rings is 1. The van der Waals surface area contributed by atoms with Crippen LogP contribution in [0.5, 0.6) is 5.75 Å². The van der Waals surface area contributed by atoms with E-state index in [1.807, 2.05) is 24.3 Å². The summed E-state index contributed by atoms with van der Waals surface area (Å²) in [6.07, 6.45) is 0. The molecule has 3 heterocycles. The minimum absolute atomic E-state index is 0.0856. The number of methoxy groups -OCH3 is 1. The summed E-state index contributed by atoms with van der Waals surface area (Å²) in [6.45, 7) is 2.71. The second kappa shape index (κ2) is 6.82. The van der Waals surface area contributed by atoms with E-state index in [0.717, 1.165) is 45.9 Å². The molecule has 128 valence electrons. The van der Waals surface area contributed by atoms with Gasteiger partial charge in [-0.15, -0.1) is 11.3 Å². The maximum atomic E-state index is 11.7. The molecule has 1 amide bonds. The molecule has 0 radical (unpaired) electrons. The molecule has 0 atom stereocenters. The number of rotatable bonds is 4. The lowest BCUT2D eigenvalue weighted by Gasteiger charge is -2.27. The second-order valence-corrected chi connectivity index (χ2v) is 7.04. The number of nitrogens with one attached hydrogen (secondary N) is 1. The molecule has 0 saturated carbocycles. The van der Waals surface area contributed by atoms with E-state index < -0.39 is 0 Å². The Kier molecular flexibility index (Phi) is 4.38. The van der Waals surface area contributed by atoms with E-state index in [2.05, 4.69) is 27.7 Å². The van der Waals surface area contributed by atoms with E-state index in [9.17, 15) is 4.79 Å². The molecule has 1 fully saturated rings. The molecule has 25 heavy (non-hydrogen) atoms. The van der Waals surface area contributed by atoms with Crippen LogP contribution in [0, 0.1) is 0 Å². The first-order valence-corrected chi connectivity index (χ1v) is 9.11. The molecule has 0 spiro atoms. The zero-order valence-electron chi connectivity index (χ0n) is 14.0. The zero-order valence-corrected chi connectivity index (χ0v) is 14.8. The first-order chi connectivity index (χ1) is 12.2. The van der Waals surface area contributed by atoms with Gasteiger partial charge in [-0.2, -0.15) is 0 Å². The summed E-state index contributed by atoms with van der Waals surface area (Å²) < 4.78 is 5.33. The summed E-state index contributed by atoms with van der Waals surface area (Å²) in [7, 11) is 1.66. The van der Waals surface area contributed by atoms with Crippen molar-refractivity contribution in [3.05, 3.63) is 47.3 Å². The number of ether oxygens (including phenoxy) is 1. The van der Waals surface area contributed by atoms with Crippen LogP contribution in [0.3, 0.4) is 0 Å². The minimum Gasteiger partial charge on any atom is -0.497 e. The summed E-state index contributed by atoms with van der Waals surface area (Å²) in [5.74, 6) is 0.889. The quantitative estimate of drug-likeness (QED) is 0.784. The zero-order chi connectivity index (χ0) is 17.2. The lowest BCUT2D eigenvalue weighted by molar-refractivity contribution is -0.124. The van der Waals surface area contributed by atoms with Crippen molar-refractivity contribution in [1.82, 2.24) is 15.2 Å². The fraction of sp³-hybridized carbons (Fsp3) is 0.263. The Morgan fingerprint density at radius 1 is 1.32 bits per heavy atom. The van der Waals surface area contributed by atoms with Crippen molar-refractivity contribution < 1.29 is 9.53 Å². The van der Waals surface area contributed by atoms with Crippen LogP contribution in [0.15, 0.2) is 41.8 Å². The van der Waals surface area contributed by atoms with Gasteiger partial charge >= 0.3 is 0 Å². The number of amides is 1. The predicted molar refractivity (Wildman–Crippen MR) is 99.9 cm³/mol. The molecule has 1 aliphatic rings. The van der Waals surface area contributed by atoms with Crippen molar-refractivity contribution >= 4 is 28.1 Å². The van der Waals surface area contributed by atoms with Crippen molar-refractivity contribution in [3.63, 3.8) is 0 Å². The Morgan fingerprint density at radius 3 is 3.00 bits per heavy atom. The number of thiophene rings is 1. The van der Waals surface area contributed by atoms with E-state index >= 15 is 0 Å². The molecular formula is C19H19N3O2S. The molecule has 1 saturated heterocycles. The highest BCUT2D eigenvalue weighted by molar-refractivity contribution is 7.13. The minimum atomic E-state index is 0.0856. The molecule has 0 unspecified atom stereocenters. The van der Waals surface area contributed by atoms with Crippen molar-refractivity contribution in [1.29, 1.82) is 0 Å². The first-order valence-electron chi connectivity index (χ1n) is 8.23. The van der Waals surface area contributed by atoms with Gasteiger partial charge in [-0.3, -0.25) is 9.69 Å². The van der Waals surface area contributed by atoms with Gasteiger partial charge in [-0.05, 0) is 35.2 Å². The average molecular weight is 353 g/mol. The van der Waals surface area contributed by atoms with Gasteiger partial charge in [0.25, 0.3) is 0 Å². The Bertz CT molecular complexity index is 908. The van der Waals surface area contributed by atoms with Crippen LogP contribution < -0.4 is 10.1 Å². The Morgan fingerprint density at radius 2 is 2.24 bits per heavy atom. The van der Waals surface area contributed by atoms with Crippen molar-refractivity contribution in [2.24, 2.45) is 0 Å². The largest absolute Gasteiger partial charge is 0.497 e. The third-order valence-corrected chi connectivity index (χ3v) is 5.25. The molecule has 0 bridgehead atoms. The van der Waals surface area contributed by atoms with Crippen LogP contribution >= 0.6 is 11.3 Å². The third-order valence-electron chi connectivity index (χ3n) is 4.37. The van der Waals surface area contributed by atoms with E-state index in [0.29, 0.717) is 13.1 Å². The molecule has 3 aromatic rings. The number of carbonyl (C=O) groups is 1. The van der Waals surface area contributed by atoms with Gasteiger partial charge in [0.15, 0.2) is 0 Å².